The van der Waals surface area contributed by atoms with Crippen molar-refractivity contribution < 1.29 is 14.0 Å². The van der Waals surface area contributed by atoms with Gasteiger partial charge in [0.05, 0.1) is 0 Å². The smallest absolute Gasteiger partial charge is 0.293 e. The molecule has 1 saturated heterocycles. The van der Waals surface area contributed by atoms with E-state index in [4.69, 9.17) is 39.8 Å². The third kappa shape index (κ3) is 6.47. The number of carbonyl (C=O) groups is 2. The van der Waals surface area contributed by atoms with Gasteiger partial charge in [0.2, 0.25) is 0 Å². The van der Waals surface area contributed by atoms with Crippen LogP contribution in [-0.4, -0.2) is 48.0 Å². The molecule has 40 heavy (non-hydrogen) atoms. The predicted octanol–water partition coefficient (Wildman–Crippen LogP) is 6.65. The Labute approximate surface area is 247 Å². The molecule has 0 radical (unpaired) electrons. The summed E-state index contributed by atoms with van der Waals surface area (Å²) in [5.41, 5.74) is 4.16. The van der Waals surface area contributed by atoms with E-state index in [-0.39, 0.29) is 16.8 Å². The zero-order chi connectivity index (χ0) is 28.2. The number of hydrogen-bond donors (Lipinski definition) is 2. The molecule has 0 spiro atoms. The van der Waals surface area contributed by atoms with Crippen molar-refractivity contribution in [3.63, 3.8) is 0 Å². The first-order valence-electron chi connectivity index (χ1n) is 12.7. The van der Waals surface area contributed by atoms with E-state index < -0.39 is 5.91 Å². The molecule has 7 nitrogen and oxygen atoms in total. The molecule has 5 rings (SSSR count). The van der Waals surface area contributed by atoms with Crippen LogP contribution in [0.4, 0.5) is 11.4 Å². The van der Waals surface area contributed by atoms with E-state index in [2.05, 4.69) is 15.5 Å². The normalized spacial score (nSPS) is 13.2. The average Bonchev–Trinajstić information content (AvgIpc) is 3.46. The van der Waals surface area contributed by atoms with Crippen molar-refractivity contribution in [2.45, 2.75) is 6.92 Å². The van der Waals surface area contributed by atoms with E-state index in [0.29, 0.717) is 34.5 Å². The van der Waals surface area contributed by atoms with Crippen LogP contribution in [0.25, 0.3) is 11.3 Å². The molecule has 1 aliphatic rings. The molecule has 2 amide bonds. The third-order valence-electron chi connectivity index (χ3n) is 6.66. The quantitative estimate of drug-likeness (QED) is 0.253. The van der Waals surface area contributed by atoms with Gasteiger partial charge in [0.25, 0.3) is 11.8 Å². The highest BCUT2D eigenvalue weighted by Crippen LogP contribution is 2.27. The Morgan fingerprint density at radius 3 is 2.25 bits per heavy atom. The number of hydrogen-bond acceptors (Lipinski definition) is 5. The van der Waals surface area contributed by atoms with E-state index in [1.54, 1.807) is 42.5 Å². The van der Waals surface area contributed by atoms with Crippen LogP contribution in [0.3, 0.4) is 0 Å². The number of benzene rings is 3. The van der Waals surface area contributed by atoms with Crippen molar-refractivity contribution in [2.75, 3.05) is 36.4 Å². The molecule has 3 aromatic carbocycles. The minimum absolute atomic E-state index is 0.0109. The van der Waals surface area contributed by atoms with Gasteiger partial charge in [-0.1, -0.05) is 35.3 Å². The molecule has 0 saturated carbocycles. The van der Waals surface area contributed by atoms with Gasteiger partial charge in [-0.3, -0.25) is 14.9 Å². The van der Waals surface area contributed by atoms with Crippen LogP contribution < -0.4 is 15.5 Å². The summed E-state index contributed by atoms with van der Waals surface area (Å²) in [7, 11) is 0. The highest BCUT2D eigenvalue weighted by molar-refractivity contribution is 7.80. The maximum atomic E-state index is 12.8. The second-order valence-electron chi connectivity index (χ2n) is 9.37. The minimum Gasteiger partial charge on any atom is -0.451 e. The van der Waals surface area contributed by atoms with E-state index in [9.17, 15) is 9.59 Å². The summed E-state index contributed by atoms with van der Waals surface area (Å²) in [4.78, 5) is 29.5. The van der Waals surface area contributed by atoms with E-state index in [0.717, 1.165) is 35.6 Å². The Kier molecular flexibility index (Phi) is 8.40. The second kappa shape index (κ2) is 12.1. The topological polar surface area (TPSA) is 77.8 Å². The Bertz CT molecular complexity index is 1550. The first kappa shape index (κ1) is 27.7. The SMILES string of the molecule is Cc1ccc(-c2ccc(C(=O)NC(=S)Nc3ccc(N4CCN(C(=O)c5ccc(Cl)cc5)CC4)cc3)o2)cc1Cl. The number of nitrogens with zero attached hydrogens (tertiary/aromatic N) is 2. The first-order valence-corrected chi connectivity index (χ1v) is 13.8. The lowest BCUT2D eigenvalue weighted by Crippen LogP contribution is -2.48. The maximum absolute atomic E-state index is 12.8. The molecular formula is C30H26Cl2N4O3S. The molecule has 4 aromatic rings. The van der Waals surface area contributed by atoms with Gasteiger partial charge in [-0.05, 0) is 91.4 Å². The lowest BCUT2D eigenvalue weighted by Gasteiger charge is -2.36. The van der Waals surface area contributed by atoms with E-state index in [1.165, 1.54) is 0 Å². The molecule has 1 aliphatic heterocycles. The monoisotopic (exact) mass is 592 g/mol. The summed E-state index contributed by atoms with van der Waals surface area (Å²) in [6, 6.07) is 23.6. The van der Waals surface area contributed by atoms with Gasteiger partial charge < -0.3 is 19.5 Å². The number of furan rings is 1. The maximum Gasteiger partial charge on any atom is 0.293 e. The fraction of sp³-hybridized carbons (Fsp3) is 0.167. The fourth-order valence-corrected chi connectivity index (χ4v) is 4.90. The molecule has 0 unspecified atom stereocenters. The highest BCUT2D eigenvalue weighted by atomic mass is 35.5. The molecule has 2 N–H and O–H groups in total. The summed E-state index contributed by atoms with van der Waals surface area (Å²) in [5.74, 6) is 0.234. The lowest BCUT2D eigenvalue weighted by molar-refractivity contribution is 0.0746. The largest absolute Gasteiger partial charge is 0.451 e. The van der Waals surface area contributed by atoms with Gasteiger partial charge in [-0.2, -0.15) is 0 Å². The Morgan fingerprint density at radius 1 is 0.875 bits per heavy atom. The zero-order valence-electron chi connectivity index (χ0n) is 21.6. The first-order chi connectivity index (χ1) is 19.3. The van der Waals surface area contributed by atoms with Crippen LogP contribution in [0.1, 0.15) is 26.5 Å². The molecule has 1 aromatic heterocycles. The van der Waals surface area contributed by atoms with Crippen LogP contribution in [-0.2, 0) is 0 Å². The Balaban J connectivity index is 1.12. The van der Waals surface area contributed by atoms with Gasteiger partial charge in [-0.15, -0.1) is 0 Å². The number of amides is 2. The zero-order valence-corrected chi connectivity index (χ0v) is 23.9. The van der Waals surface area contributed by atoms with Crippen molar-refractivity contribution >= 4 is 63.7 Å². The number of nitrogens with one attached hydrogen (secondary N) is 2. The molecule has 10 heteroatoms. The standard InChI is InChI=1S/C30H26Cl2N4O3S/c1-19-2-3-21(18-25(19)32)26-12-13-27(39-26)28(37)34-30(40)33-23-8-10-24(11-9-23)35-14-16-36(17-15-35)29(38)20-4-6-22(31)7-5-20/h2-13,18H,14-17H2,1H3,(H2,33,34,37,40). The van der Waals surface area contributed by atoms with E-state index in [1.807, 2.05) is 48.2 Å². The molecule has 204 valence electrons. The molecule has 0 atom stereocenters. The molecule has 0 aliphatic carbocycles. The van der Waals surface area contributed by atoms with Crippen molar-refractivity contribution in [1.82, 2.24) is 10.2 Å². The number of anilines is 2. The van der Waals surface area contributed by atoms with Crippen LogP contribution in [0.15, 0.2) is 83.3 Å². The number of aryl methyl sites for hydroxylation is 1. The number of thiocarbonyl (C=S) groups is 1. The van der Waals surface area contributed by atoms with Crippen molar-refractivity contribution in [3.8, 4) is 11.3 Å². The van der Waals surface area contributed by atoms with Crippen molar-refractivity contribution in [3.05, 3.63) is 106 Å². The Hall–Kier alpha value is -3.85. The van der Waals surface area contributed by atoms with Gasteiger partial charge in [-0.25, -0.2) is 0 Å². The summed E-state index contributed by atoms with van der Waals surface area (Å²) in [6.07, 6.45) is 0. The van der Waals surface area contributed by atoms with Crippen LogP contribution in [0, 0.1) is 6.92 Å². The average molecular weight is 594 g/mol. The van der Waals surface area contributed by atoms with Crippen LogP contribution in [0.5, 0.6) is 0 Å². The third-order valence-corrected chi connectivity index (χ3v) is 7.52. The molecular weight excluding hydrogens is 567 g/mol. The summed E-state index contributed by atoms with van der Waals surface area (Å²) in [5, 5.41) is 7.07. The Morgan fingerprint density at radius 2 is 1.57 bits per heavy atom. The van der Waals surface area contributed by atoms with Crippen molar-refractivity contribution in [2.24, 2.45) is 0 Å². The molecule has 0 bridgehead atoms. The number of carbonyl (C=O) groups excluding carboxylic acids is 2. The highest BCUT2D eigenvalue weighted by Gasteiger charge is 2.22. The number of rotatable bonds is 5. The van der Waals surface area contributed by atoms with E-state index >= 15 is 0 Å². The molecule has 2 heterocycles. The minimum atomic E-state index is -0.454. The van der Waals surface area contributed by atoms with Crippen molar-refractivity contribution in [1.29, 1.82) is 0 Å². The number of halogens is 2. The lowest BCUT2D eigenvalue weighted by atomic mass is 10.1. The predicted molar refractivity (Wildman–Crippen MR) is 164 cm³/mol. The molecule has 1 fully saturated rings. The summed E-state index contributed by atoms with van der Waals surface area (Å²) < 4.78 is 5.72. The van der Waals surface area contributed by atoms with Crippen LogP contribution >= 0.6 is 35.4 Å². The second-order valence-corrected chi connectivity index (χ2v) is 10.6. The fourth-order valence-electron chi connectivity index (χ4n) is 4.39. The van der Waals surface area contributed by atoms with Crippen LogP contribution in [0.2, 0.25) is 10.0 Å². The number of piperazine rings is 1. The van der Waals surface area contributed by atoms with Gasteiger partial charge in [0.15, 0.2) is 10.9 Å². The van der Waals surface area contributed by atoms with Gasteiger partial charge >= 0.3 is 0 Å². The summed E-state index contributed by atoms with van der Waals surface area (Å²) in [6.45, 7) is 4.62. The van der Waals surface area contributed by atoms with Gasteiger partial charge in [0, 0.05) is 58.7 Å². The van der Waals surface area contributed by atoms with Gasteiger partial charge in [0.1, 0.15) is 5.76 Å². The summed E-state index contributed by atoms with van der Waals surface area (Å²) >= 11 is 17.5.